The summed E-state index contributed by atoms with van der Waals surface area (Å²) >= 11 is 0. The van der Waals surface area contributed by atoms with Crippen molar-refractivity contribution in [1.29, 1.82) is 0 Å². The Bertz CT molecular complexity index is 762. The van der Waals surface area contributed by atoms with E-state index in [1.165, 1.54) is 21.6 Å². The molecule has 3 rings (SSSR count). The van der Waals surface area contributed by atoms with E-state index in [2.05, 4.69) is 15.4 Å². The predicted octanol–water partition coefficient (Wildman–Crippen LogP) is 0.00570. The average Bonchev–Trinajstić information content (AvgIpc) is 2.64. The van der Waals surface area contributed by atoms with Crippen molar-refractivity contribution in [2.45, 2.75) is 6.54 Å². The summed E-state index contributed by atoms with van der Waals surface area (Å²) < 4.78 is 2.69. The van der Waals surface area contributed by atoms with Crippen LogP contribution in [0.5, 0.6) is 0 Å². The molecule has 9 heteroatoms. The van der Waals surface area contributed by atoms with Crippen LogP contribution in [-0.4, -0.2) is 37.6 Å². The molecule has 0 spiro atoms. The van der Waals surface area contributed by atoms with E-state index in [1.54, 1.807) is 14.1 Å². The zero-order valence-corrected chi connectivity index (χ0v) is 10.9. The number of carbonyl (C=O) groups is 1. The van der Waals surface area contributed by atoms with Gasteiger partial charge in [-0.1, -0.05) is 0 Å². The first-order valence-corrected chi connectivity index (χ1v) is 5.83. The van der Waals surface area contributed by atoms with Crippen molar-refractivity contribution < 1.29 is 9.90 Å². The first kappa shape index (κ1) is 12.2. The van der Waals surface area contributed by atoms with Gasteiger partial charge in [0, 0.05) is 14.1 Å². The van der Waals surface area contributed by atoms with Crippen molar-refractivity contribution in [3.8, 4) is 5.69 Å². The van der Waals surface area contributed by atoms with Crippen LogP contribution in [0.15, 0.2) is 17.2 Å². The molecule has 20 heavy (non-hydrogen) atoms. The predicted molar refractivity (Wildman–Crippen MR) is 70.4 cm³/mol. The molecule has 0 saturated heterocycles. The monoisotopic (exact) mass is 276 g/mol. The van der Waals surface area contributed by atoms with Crippen molar-refractivity contribution in [3.05, 3.63) is 28.7 Å². The summed E-state index contributed by atoms with van der Waals surface area (Å²) in [6.07, 6.45) is 1.75. The van der Waals surface area contributed by atoms with Crippen molar-refractivity contribution in [3.63, 3.8) is 0 Å². The molecular formula is C11H12N6O3. The quantitative estimate of drug-likeness (QED) is 0.760. The van der Waals surface area contributed by atoms with E-state index in [-0.39, 0.29) is 5.69 Å². The molecule has 2 aromatic heterocycles. The lowest BCUT2D eigenvalue weighted by Crippen LogP contribution is -2.31. The molecular weight excluding hydrogens is 264 g/mol. The summed E-state index contributed by atoms with van der Waals surface area (Å²) in [7, 11) is 3.37. The molecule has 3 heterocycles. The van der Waals surface area contributed by atoms with E-state index in [9.17, 15) is 9.59 Å². The van der Waals surface area contributed by atoms with Crippen LogP contribution in [-0.2, 0) is 13.6 Å². The lowest BCUT2D eigenvalue weighted by atomic mass is 10.2. The van der Waals surface area contributed by atoms with Gasteiger partial charge in [-0.2, -0.15) is 5.10 Å². The summed E-state index contributed by atoms with van der Waals surface area (Å²) in [6, 6.07) is 0. The number of nitrogens with zero attached hydrogens (tertiary/aromatic N) is 5. The van der Waals surface area contributed by atoms with Crippen LogP contribution < -0.4 is 15.9 Å². The molecule has 0 saturated carbocycles. The lowest BCUT2D eigenvalue weighted by Gasteiger charge is -2.28. The maximum Gasteiger partial charge on any atom is 0.409 e. The number of pyridine rings is 1. The molecule has 0 radical (unpaired) electrons. The van der Waals surface area contributed by atoms with Gasteiger partial charge in [0.15, 0.2) is 5.82 Å². The van der Waals surface area contributed by atoms with Gasteiger partial charge >= 0.3 is 11.8 Å². The smallest absolute Gasteiger partial charge is 0.409 e. The Kier molecular flexibility index (Phi) is 2.49. The van der Waals surface area contributed by atoms with Crippen molar-refractivity contribution >= 4 is 17.5 Å². The van der Waals surface area contributed by atoms with Gasteiger partial charge in [0.1, 0.15) is 0 Å². The molecule has 0 aliphatic carbocycles. The molecule has 2 N–H and O–H groups in total. The maximum absolute atomic E-state index is 12.1. The molecule has 0 aromatic carbocycles. The Hall–Kier alpha value is -2.84. The summed E-state index contributed by atoms with van der Waals surface area (Å²) in [5.74, 6) is 0.585. The number of amides is 1. The highest BCUT2D eigenvalue weighted by atomic mass is 16.4. The van der Waals surface area contributed by atoms with Crippen LogP contribution in [0.3, 0.4) is 0 Å². The number of fused-ring (bicyclic) bond motifs is 3. The highest BCUT2D eigenvalue weighted by molar-refractivity contribution is 5.91. The highest BCUT2D eigenvalue weighted by Crippen LogP contribution is 2.34. The summed E-state index contributed by atoms with van der Waals surface area (Å²) in [6.45, 7) is 0.404. The minimum absolute atomic E-state index is 0.288. The van der Waals surface area contributed by atoms with Crippen LogP contribution in [0.2, 0.25) is 0 Å². The second kappa shape index (κ2) is 4.08. The maximum atomic E-state index is 12.1. The van der Waals surface area contributed by atoms with E-state index in [1.807, 2.05) is 4.90 Å². The SMILES string of the molecule is CN1Cc2nn(C)c(=O)n2-c2cncc(NC(=O)O)c21. The highest BCUT2D eigenvalue weighted by Gasteiger charge is 2.27. The Balaban J connectivity index is 2.27. The fraction of sp³-hybridized carbons (Fsp3) is 0.273. The topological polar surface area (TPSA) is 105 Å². The molecule has 1 aliphatic heterocycles. The second-order valence-corrected chi connectivity index (χ2v) is 4.50. The van der Waals surface area contributed by atoms with E-state index >= 15 is 0 Å². The van der Waals surface area contributed by atoms with Gasteiger partial charge < -0.3 is 10.0 Å². The van der Waals surface area contributed by atoms with Gasteiger partial charge in [0.25, 0.3) is 0 Å². The molecule has 1 aliphatic rings. The van der Waals surface area contributed by atoms with Gasteiger partial charge in [-0.15, -0.1) is 0 Å². The Morgan fingerprint density at radius 1 is 1.40 bits per heavy atom. The third-order valence-electron chi connectivity index (χ3n) is 3.13. The molecule has 2 aromatic rings. The van der Waals surface area contributed by atoms with Crippen molar-refractivity contribution in [2.75, 3.05) is 17.3 Å². The number of nitrogens with one attached hydrogen (secondary N) is 1. The number of aromatic nitrogens is 4. The number of carboxylic acid groups (broad SMARTS) is 1. The minimum Gasteiger partial charge on any atom is -0.465 e. The van der Waals surface area contributed by atoms with Crippen LogP contribution in [0, 0.1) is 0 Å². The van der Waals surface area contributed by atoms with Gasteiger partial charge in [-0.05, 0) is 0 Å². The van der Waals surface area contributed by atoms with Gasteiger partial charge in [-0.25, -0.2) is 18.8 Å². The number of rotatable bonds is 1. The fourth-order valence-electron chi connectivity index (χ4n) is 2.37. The zero-order valence-electron chi connectivity index (χ0n) is 10.9. The molecule has 104 valence electrons. The summed E-state index contributed by atoms with van der Waals surface area (Å²) in [5.41, 5.74) is 1.16. The van der Waals surface area contributed by atoms with Crippen molar-refractivity contribution in [2.24, 2.45) is 7.05 Å². The number of anilines is 2. The fourth-order valence-corrected chi connectivity index (χ4v) is 2.37. The molecule has 0 bridgehead atoms. The molecule has 0 fully saturated rings. The number of aryl methyl sites for hydroxylation is 1. The Labute approximate surface area is 113 Å². The van der Waals surface area contributed by atoms with E-state index in [0.717, 1.165) is 0 Å². The van der Waals surface area contributed by atoms with E-state index in [0.29, 0.717) is 29.4 Å². The van der Waals surface area contributed by atoms with Crippen LogP contribution in [0.1, 0.15) is 5.82 Å². The second-order valence-electron chi connectivity index (χ2n) is 4.50. The molecule has 1 amide bonds. The zero-order chi connectivity index (χ0) is 14.4. The first-order chi connectivity index (χ1) is 9.49. The van der Waals surface area contributed by atoms with Crippen molar-refractivity contribution in [1.82, 2.24) is 19.3 Å². The van der Waals surface area contributed by atoms with Gasteiger partial charge in [-0.3, -0.25) is 10.3 Å². The van der Waals surface area contributed by atoms with Crippen LogP contribution in [0.25, 0.3) is 5.69 Å². The first-order valence-electron chi connectivity index (χ1n) is 5.83. The summed E-state index contributed by atoms with van der Waals surface area (Å²) in [4.78, 5) is 28.7. The number of hydrogen-bond donors (Lipinski definition) is 2. The minimum atomic E-state index is -1.18. The Morgan fingerprint density at radius 3 is 2.85 bits per heavy atom. The normalized spacial score (nSPS) is 12.8. The van der Waals surface area contributed by atoms with E-state index in [4.69, 9.17) is 5.11 Å². The summed E-state index contributed by atoms with van der Waals surface area (Å²) in [5, 5.41) is 15.3. The van der Waals surface area contributed by atoms with Gasteiger partial charge in [0.05, 0.1) is 36.0 Å². The van der Waals surface area contributed by atoms with E-state index < -0.39 is 6.09 Å². The lowest BCUT2D eigenvalue weighted by molar-refractivity contribution is 0.209. The molecule has 0 atom stereocenters. The standard InChI is InChI=1S/C11H12N6O3/c1-15-5-8-14-16(2)11(20)17(8)7-4-12-3-6(9(7)15)13-10(18)19/h3-4,13H,5H2,1-2H3,(H,18,19). The molecule has 0 unspecified atom stereocenters. The van der Waals surface area contributed by atoms with Crippen LogP contribution in [0.4, 0.5) is 16.2 Å². The third kappa shape index (κ3) is 1.63. The molecule has 9 nitrogen and oxygen atoms in total. The Morgan fingerprint density at radius 2 is 2.15 bits per heavy atom. The van der Waals surface area contributed by atoms with Gasteiger partial charge in [0.2, 0.25) is 0 Å². The third-order valence-corrected chi connectivity index (χ3v) is 3.13. The number of hydrogen-bond acceptors (Lipinski definition) is 5. The largest absolute Gasteiger partial charge is 0.465 e. The van der Waals surface area contributed by atoms with Crippen LogP contribution >= 0.6 is 0 Å². The average molecular weight is 276 g/mol.